The highest BCUT2D eigenvalue weighted by atomic mass is 16.1. The van der Waals surface area contributed by atoms with E-state index in [9.17, 15) is 4.79 Å². The summed E-state index contributed by atoms with van der Waals surface area (Å²) in [6.07, 6.45) is 12.6. The van der Waals surface area contributed by atoms with Gasteiger partial charge in [0.05, 0.1) is 0 Å². The molecule has 0 aromatic carbocycles. The lowest BCUT2D eigenvalue weighted by atomic mass is 9.81. The zero-order valence-electron chi connectivity index (χ0n) is 12.2. The topological polar surface area (TPSA) is 55.1 Å². The van der Waals surface area contributed by atoms with Crippen LogP contribution in [0.25, 0.3) is 0 Å². The van der Waals surface area contributed by atoms with E-state index >= 15 is 0 Å². The van der Waals surface area contributed by atoms with Crippen molar-refractivity contribution in [2.24, 2.45) is 23.5 Å². The molecule has 2 saturated carbocycles. The second-order valence-corrected chi connectivity index (χ2v) is 6.55. The van der Waals surface area contributed by atoms with E-state index in [4.69, 9.17) is 5.73 Å². The van der Waals surface area contributed by atoms with E-state index in [1.165, 1.54) is 44.9 Å². The molecule has 2 atom stereocenters. The van der Waals surface area contributed by atoms with E-state index in [1.54, 1.807) is 0 Å². The lowest BCUT2D eigenvalue weighted by molar-refractivity contribution is -0.126. The van der Waals surface area contributed by atoms with Gasteiger partial charge in [-0.15, -0.1) is 0 Å². The molecule has 2 aliphatic rings. The first-order chi connectivity index (χ1) is 9.29. The van der Waals surface area contributed by atoms with E-state index in [-0.39, 0.29) is 11.8 Å². The van der Waals surface area contributed by atoms with Gasteiger partial charge < -0.3 is 11.1 Å². The Bertz CT molecular complexity index is 274. The van der Waals surface area contributed by atoms with Crippen molar-refractivity contribution in [3.05, 3.63) is 0 Å². The number of amides is 1. The van der Waals surface area contributed by atoms with Crippen molar-refractivity contribution in [1.82, 2.24) is 5.32 Å². The summed E-state index contributed by atoms with van der Waals surface area (Å²) in [4.78, 5) is 12.1. The third-order valence-corrected chi connectivity index (χ3v) is 5.05. The number of nitrogens with two attached hydrogens (primary N) is 1. The molecule has 2 rings (SSSR count). The number of carbonyl (C=O) groups excluding carboxylic acids is 1. The molecule has 3 N–H and O–H groups in total. The summed E-state index contributed by atoms with van der Waals surface area (Å²) in [7, 11) is 0. The fraction of sp³-hybridized carbons (Fsp3) is 0.938. The molecule has 2 unspecified atom stereocenters. The molecule has 19 heavy (non-hydrogen) atoms. The van der Waals surface area contributed by atoms with Gasteiger partial charge in [0.25, 0.3) is 0 Å². The molecule has 0 saturated heterocycles. The van der Waals surface area contributed by atoms with Crippen LogP contribution in [0.3, 0.4) is 0 Å². The van der Waals surface area contributed by atoms with Crippen LogP contribution >= 0.6 is 0 Å². The maximum atomic E-state index is 12.1. The fourth-order valence-electron chi connectivity index (χ4n) is 3.79. The second kappa shape index (κ2) is 7.88. The molecule has 0 radical (unpaired) electrons. The van der Waals surface area contributed by atoms with Gasteiger partial charge in [0.15, 0.2) is 0 Å². The van der Waals surface area contributed by atoms with E-state index in [0.29, 0.717) is 5.92 Å². The van der Waals surface area contributed by atoms with E-state index in [1.807, 2.05) is 0 Å². The molecule has 3 nitrogen and oxygen atoms in total. The summed E-state index contributed by atoms with van der Waals surface area (Å²) in [6.45, 7) is 1.62. The highest BCUT2D eigenvalue weighted by molar-refractivity contribution is 5.78. The van der Waals surface area contributed by atoms with Gasteiger partial charge in [-0.3, -0.25) is 4.79 Å². The summed E-state index contributed by atoms with van der Waals surface area (Å²) < 4.78 is 0. The summed E-state index contributed by atoms with van der Waals surface area (Å²) >= 11 is 0. The van der Waals surface area contributed by atoms with Crippen LogP contribution in [-0.2, 0) is 4.79 Å². The molecule has 0 spiro atoms. The summed E-state index contributed by atoms with van der Waals surface area (Å²) in [5, 5.41) is 3.14. The Morgan fingerprint density at radius 3 is 2.53 bits per heavy atom. The Hall–Kier alpha value is -0.570. The molecule has 0 aliphatic heterocycles. The maximum Gasteiger partial charge on any atom is 0.223 e. The van der Waals surface area contributed by atoms with Crippen LogP contribution in [0, 0.1) is 17.8 Å². The Labute approximate surface area is 117 Å². The first-order valence-electron chi connectivity index (χ1n) is 8.27. The molecule has 0 aromatic rings. The molecule has 0 bridgehead atoms. The number of rotatable bonds is 6. The van der Waals surface area contributed by atoms with Crippen LogP contribution in [0.2, 0.25) is 0 Å². The molecule has 0 aromatic heterocycles. The predicted molar refractivity (Wildman–Crippen MR) is 78.7 cm³/mol. The minimum atomic E-state index is 0.230. The van der Waals surface area contributed by atoms with Crippen molar-refractivity contribution in [3.63, 3.8) is 0 Å². The monoisotopic (exact) mass is 266 g/mol. The third kappa shape index (κ3) is 4.79. The molecule has 2 fully saturated rings. The summed E-state index contributed by atoms with van der Waals surface area (Å²) in [6, 6.07) is 0. The third-order valence-electron chi connectivity index (χ3n) is 5.05. The van der Waals surface area contributed by atoms with Crippen molar-refractivity contribution in [2.45, 2.75) is 64.2 Å². The largest absolute Gasteiger partial charge is 0.356 e. The average Bonchev–Trinajstić information content (AvgIpc) is 2.96. The first kappa shape index (κ1) is 14.8. The molecule has 2 aliphatic carbocycles. The van der Waals surface area contributed by atoms with Gasteiger partial charge in [-0.25, -0.2) is 0 Å². The Morgan fingerprint density at radius 2 is 1.79 bits per heavy atom. The average molecular weight is 266 g/mol. The lowest BCUT2D eigenvalue weighted by Gasteiger charge is -2.27. The van der Waals surface area contributed by atoms with Crippen LogP contribution in [0.4, 0.5) is 0 Å². The first-order valence-corrected chi connectivity index (χ1v) is 8.27. The second-order valence-electron chi connectivity index (χ2n) is 6.55. The highest BCUT2D eigenvalue weighted by Crippen LogP contribution is 2.29. The lowest BCUT2D eigenvalue weighted by Crippen LogP contribution is -2.35. The Kier molecular flexibility index (Phi) is 6.15. The van der Waals surface area contributed by atoms with E-state index in [2.05, 4.69) is 5.32 Å². The fourth-order valence-corrected chi connectivity index (χ4v) is 3.79. The molecular formula is C16H30N2O. The number of nitrogens with one attached hydrogen (secondary N) is 1. The van der Waals surface area contributed by atoms with Crippen LogP contribution in [0.1, 0.15) is 64.2 Å². The van der Waals surface area contributed by atoms with Crippen molar-refractivity contribution >= 4 is 5.91 Å². The zero-order valence-corrected chi connectivity index (χ0v) is 12.2. The van der Waals surface area contributed by atoms with Gasteiger partial charge in [0.1, 0.15) is 0 Å². The number of hydrogen-bond donors (Lipinski definition) is 2. The van der Waals surface area contributed by atoms with Gasteiger partial charge in [-0.05, 0) is 50.5 Å². The highest BCUT2D eigenvalue weighted by Gasteiger charge is 2.26. The van der Waals surface area contributed by atoms with Crippen LogP contribution in [0.5, 0.6) is 0 Å². The zero-order chi connectivity index (χ0) is 13.5. The van der Waals surface area contributed by atoms with Crippen molar-refractivity contribution < 1.29 is 4.79 Å². The Balaban J connectivity index is 1.58. The van der Waals surface area contributed by atoms with Crippen LogP contribution in [-0.4, -0.2) is 19.0 Å². The van der Waals surface area contributed by atoms with Crippen molar-refractivity contribution in [3.8, 4) is 0 Å². The quantitative estimate of drug-likeness (QED) is 0.726. The predicted octanol–water partition coefficient (Wildman–Crippen LogP) is 2.84. The van der Waals surface area contributed by atoms with E-state index in [0.717, 1.165) is 38.3 Å². The molecule has 0 heterocycles. The minimum Gasteiger partial charge on any atom is -0.356 e. The number of carbonyl (C=O) groups is 1. The molecular weight excluding hydrogens is 236 g/mol. The summed E-state index contributed by atoms with van der Waals surface area (Å²) in [5.41, 5.74) is 5.73. The Morgan fingerprint density at radius 1 is 1.05 bits per heavy atom. The van der Waals surface area contributed by atoms with Gasteiger partial charge in [0, 0.05) is 12.5 Å². The normalized spacial score (nSPS) is 28.5. The van der Waals surface area contributed by atoms with Crippen molar-refractivity contribution in [1.29, 1.82) is 0 Å². The smallest absolute Gasteiger partial charge is 0.223 e. The molecule has 1 amide bonds. The standard InChI is InChI=1S/C16H30N2O/c17-12-14-7-3-9-15(11-14)16(19)18-10-4-8-13-5-1-2-6-13/h13-15H,1-12,17H2,(H,18,19). The van der Waals surface area contributed by atoms with Crippen molar-refractivity contribution in [2.75, 3.05) is 13.1 Å². The SMILES string of the molecule is NCC1CCCC(C(=O)NCCCC2CCCC2)C1. The number of hydrogen-bond acceptors (Lipinski definition) is 2. The van der Waals surface area contributed by atoms with E-state index < -0.39 is 0 Å². The molecule has 110 valence electrons. The van der Waals surface area contributed by atoms with Crippen LogP contribution in [0.15, 0.2) is 0 Å². The summed E-state index contributed by atoms with van der Waals surface area (Å²) in [5.74, 6) is 2.02. The van der Waals surface area contributed by atoms with Gasteiger partial charge in [-0.1, -0.05) is 32.1 Å². The van der Waals surface area contributed by atoms with Gasteiger partial charge in [-0.2, -0.15) is 0 Å². The van der Waals surface area contributed by atoms with Crippen LogP contribution < -0.4 is 11.1 Å². The minimum absolute atomic E-state index is 0.230. The maximum absolute atomic E-state index is 12.1. The molecule has 3 heteroatoms. The van der Waals surface area contributed by atoms with Gasteiger partial charge in [0.2, 0.25) is 5.91 Å². The van der Waals surface area contributed by atoms with Gasteiger partial charge >= 0.3 is 0 Å².